The zero-order valence-electron chi connectivity index (χ0n) is 13.5. The monoisotopic (exact) mass is 607 g/mol. The molecule has 0 aliphatic carbocycles. The van der Waals surface area contributed by atoms with Crippen LogP contribution in [0.15, 0.2) is 50.2 Å². The van der Waals surface area contributed by atoms with Crippen LogP contribution in [0.1, 0.15) is 11.1 Å². The van der Waals surface area contributed by atoms with Gasteiger partial charge in [-0.25, -0.2) is 0 Å². The van der Waals surface area contributed by atoms with E-state index in [0.29, 0.717) is 11.5 Å². The van der Waals surface area contributed by atoms with Gasteiger partial charge in [-0.2, -0.15) is 0 Å². The zero-order valence-corrected chi connectivity index (χ0v) is 19.6. The number of amides is 2. The number of hydrogen-bond acceptors (Lipinski definition) is 4. The molecule has 0 saturated carbocycles. The molecule has 2 amide bonds. The molecule has 0 radical (unpaired) electrons. The topological polar surface area (TPSA) is 46.6 Å². The van der Waals surface area contributed by atoms with Crippen molar-refractivity contribution in [2.75, 3.05) is 7.05 Å². The molecule has 1 aliphatic rings. The van der Waals surface area contributed by atoms with Crippen LogP contribution < -0.4 is 4.74 Å². The molecule has 0 atom stereocenters. The number of ether oxygens (including phenoxy) is 1. The van der Waals surface area contributed by atoms with Gasteiger partial charge in [0.25, 0.3) is 11.1 Å². The first-order valence-electron chi connectivity index (χ1n) is 7.43. The third kappa shape index (κ3) is 4.52. The number of likely N-dealkylation sites (N-methyl/N-ethyl adjacent to an activating group) is 1. The standard InChI is InChI=1S/C18H12Br2INO3S/c1-22-17(23)15(26-18(22)24)8-11-6-13(20)16(14(21)7-11)25-9-10-2-4-12(19)5-3-10/h2-8H,9H2,1H3/b15-8-. The number of imide groups is 1. The lowest BCUT2D eigenvalue weighted by molar-refractivity contribution is -0.121. The smallest absolute Gasteiger partial charge is 0.293 e. The molecule has 2 aromatic carbocycles. The summed E-state index contributed by atoms with van der Waals surface area (Å²) < 4.78 is 8.68. The van der Waals surface area contributed by atoms with Gasteiger partial charge >= 0.3 is 0 Å². The number of nitrogens with zero attached hydrogens (tertiary/aromatic N) is 1. The molecule has 0 N–H and O–H groups in total. The maximum Gasteiger partial charge on any atom is 0.293 e. The second-order valence-electron chi connectivity index (χ2n) is 5.47. The average Bonchev–Trinajstić information content (AvgIpc) is 2.83. The van der Waals surface area contributed by atoms with Crippen molar-refractivity contribution in [3.05, 3.63) is 64.9 Å². The molecule has 0 unspecified atom stereocenters. The average molecular weight is 609 g/mol. The van der Waals surface area contributed by atoms with Gasteiger partial charge in [-0.05, 0) is 91.8 Å². The van der Waals surface area contributed by atoms with Crippen LogP contribution in [-0.4, -0.2) is 23.1 Å². The van der Waals surface area contributed by atoms with Crippen LogP contribution in [0.2, 0.25) is 0 Å². The van der Waals surface area contributed by atoms with Gasteiger partial charge in [-0.15, -0.1) is 0 Å². The van der Waals surface area contributed by atoms with Crippen LogP contribution in [0.3, 0.4) is 0 Å². The van der Waals surface area contributed by atoms with Crippen LogP contribution in [0.5, 0.6) is 5.75 Å². The van der Waals surface area contributed by atoms with Crippen molar-refractivity contribution in [3.8, 4) is 5.75 Å². The van der Waals surface area contributed by atoms with Crippen LogP contribution in [-0.2, 0) is 11.4 Å². The maximum atomic E-state index is 12.0. The third-order valence-electron chi connectivity index (χ3n) is 3.60. The predicted molar refractivity (Wildman–Crippen MR) is 119 cm³/mol. The van der Waals surface area contributed by atoms with Gasteiger partial charge in [0.1, 0.15) is 12.4 Å². The fourth-order valence-electron chi connectivity index (χ4n) is 2.23. The molecule has 4 nitrogen and oxygen atoms in total. The quantitative estimate of drug-likeness (QED) is 0.313. The van der Waals surface area contributed by atoms with Gasteiger partial charge in [0.2, 0.25) is 0 Å². The van der Waals surface area contributed by atoms with Gasteiger partial charge in [-0.3, -0.25) is 14.5 Å². The number of halogens is 3. The molecular formula is C18H12Br2INO3S. The number of rotatable bonds is 4. The number of carbonyl (C=O) groups is 2. The molecule has 26 heavy (non-hydrogen) atoms. The Morgan fingerprint density at radius 2 is 1.88 bits per heavy atom. The number of carbonyl (C=O) groups excluding carboxylic acids is 2. The van der Waals surface area contributed by atoms with Gasteiger partial charge in [-0.1, -0.05) is 28.1 Å². The van der Waals surface area contributed by atoms with Gasteiger partial charge < -0.3 is 4.74 Å². The molecule has 2 aromatic rings. The molecule has 0 bridgehead atoms. The Morgan fingerprint density at radius 1 is 1.19 bits per heavy atom. The van der Waals surface area contributed by atoms with Crippen molar-refractivity contribution in [1.29, 1.82) is 0 Å². The first-order chi connectivity index (χ1) is 12.3. The fraction of sp³-hybridized carbons (Fsp3) is 0.111. The van der Waals surface area contributed by atoms with Crippen LogP contribution in [0, 0.1) is 3.57 Å². The lowest BCUT2D eigenvalue weighted by atomic mass is 10.2. The lowest BCUT2D eigenvalue weighted by Crippen LogP contribution is -2.22. The molecule has 8 heteroatoms. The van der Waals surface area contributed by atoms with E-state index in [1.165, 1.54) is 7.05 Å². The maximum absolute atomic E-state index is 12.0. The van der Waals surface area contributed by atoms with Crippen LogP contribution in [0.4, 0.5) is 4.79 Å². The third-order valence-corrected chi connectivity index (χ3v) is 6.48. The molecule has 1 saturated heterocycles. The Balaban J connectivity index is 1.79. The summed E-state index contributed by atoms with van der Waals surface area (Å²) in [6.07, 6.45) is 1.72. The van der Waals surface area contributed by atoms with Gasteiger partial charge in [0, 0.05) is 11.5 Å². The molecule has 0 spiro atoms. The van der Waals surface area contributed by atoms with Gasteiger partial charge in [0.05, 0.1) is 12.9 Å². The van der Waals surface area contributed by atoms with Crippen LogP contribution in [0.25, 0.3) is 6.08 Å². The lowest BCUT2D eigenvalue weighted by Gasteiger charge is -2.12. The molecule has 1 fully saturated rings. The molecule has 0 aromatic heterocycles. The number of benzene rings is 2. The minimum Gasteiger partial charge on any atom is -0.487 e. The summed E-state index contributed by atoms with van der Waals surface area (Å²) in [4.78, 5) is 25.2. The highest BCUT2D eigenvalue weighted by Crippen LogP contribution is 2.36. The molecule has 134 valence electrons. The molecular weight excluding hydrogens is 597 g/mol. The van der Waals surface area contributed by atoms with Crippen molar-refractivity contribution in [2.45, 2.75) is 6.61 Å². The summed E-state index contributed by atoms with van der Waals surface area (Å²) in [5.74, 6) is 0.468. The van der Waals surface area contributed by atoms with Crippen molar-refractivity contribution >= 4 is 83.4 Å². The summed E-state index contributed by atoms with van der Waals surface area (Å²) in [6, 6.07) is 11.7. The Kier molecular flexibility index (Phi) is 6.47. The van der Waals surface area contributed by atoms with E-state index in [0.717, 1.165) is 46.1 Å². The zero-order chi connectivity index (χ0) is 18.8. The highest BCUT2D eigenvalue weighted by atomic mass is 127. The second kappa shape index (κ2) is 8.45. The van der Waals surface area contributed by atoms with E-state index < -0.39 is 0 Å². The highest BCUT2D eigenvalue weighted by Gasteiger charge is 2.31. The van der Waals surface area contributed by atoms with E-state index >= 15 is 0 Å². The van der Waals surface area contributed by atoms with E-state index in [2.05, 4.69) is 54.5 Å². The molecule has 1 aliphatic heterocycles. The summed E-state index contributed by atoms with van der Waals surface area (Å²) >= 11 is 10.1. The van der Waals surface area contributed by atoms with E-state index in [9.17, 15) is 9.59 Å². The first-order valence-corrected chi connectivity index (χ1v) is 10.9. The SMILES string of the molecule is CN1C(=O)S/C(=C\c2cc(Br)c(OCc3ccc(Br)cc3)c(I)c2)C1=O. The van der Waals surface area contributed by atoms with Crippen molar-refractivity contribution in [1.82, 2.24) is 4.90 Å². The molecule has 3 rings (SSSR count). The van der Waals surface area contributed by atoms with Crippen molar-refractivity contribution in [3.63, 3.8) is 0 Å². The minimum atomic E-state index is -0.276. The van der Waals surface area contributed by atoms with E-state index in [-0.39, 0.29) is 11.1 Å². The predicted octanol–water partition coefficient (Wildman–Crippen LogP) is 6.06. The summed E-state index contributed by atoms with van der Waals surface area (Å²) in [5, 5.41) is -0.260. The minimum absolute atomic E-state index is 0.260. The Morgan fingerprint density at radius 3 is 2.46 bits per heavy atom. The van der Waals surface area contributed by atoms with Gasteiger partial charge in [0.15, 0.2) is 0 Å². The van der Waals surface area contributed by atoms with E-state index in [1.807, 2.05) is 36.4 Å². The first kappa shape index (κ1) is 19.9. The van der Waals surface area contributed by atoms with E-state index in [1.54, 1.807) is 6.08 Å². The van der Waals surface area contributed by atoms with Crippen molar-refractivity contribution < 1.29 is 14.3 Å². The van der Waals surface area contributed by atoms with Crippen LogP contribution >= 0.6 is 66.2 Å². The summed E-state index contributed by atoms with van der Waals surface area (Å²) in [5.41, 5.74) is 1.90. The Hall–Kier alpha value is -0.840. The Bertz CT molecular complexity index is 892. The fourth-order valence-corrected chi connectivity index (χ4v) is 5.09. The largest absolute Gasteiger partial charge is 0.487 e. The summed E-state index contributed by atoms with van der Waals surface area (Å²) in [6.45, 7) is 0.454. The number of thioether (sulfide) groups is 1. The molecule has 1 heterocycles. The number of hydrogen-bond donors (Lipinski definition) is 0. The highest BCUT2D eigenvalue weighted by molar-refractivity contribution is 14.1. The Labute approximate surface area is 185 Å². The van der Waals surface area contributed by atoms with E-state index in [4.69, 9.17) is 4.74 Å². The second-order valence-corrected chi connectivity index (χ2v) is 9.39. The summed E-state index contributed by atoms with van der Waals surface area (Å²) in [7, 11) is 1.48. The normalized spacial score (nSPS) is 15.8. The van der Waals surface area contributed by atoms with Crippen molar-refractivity contribution in [2.24, 2.45) is 0 Å².